The number of carbonyl (C=O) groups is 1. The van der Waals surface area contributed by atoms with Crippen LogP contribution in [0.3, 0.4) is 0 Å². The number of fused-ring (bicyclic) bond motifs is 2. The molecule has 0 aliphatic rings. The highest BCUT2D eigenvalue weighted by Gasteiger charge is 2.25. The Labute approximate surface area is 166 Å². The third-order valence-electron chi connectivity index (χ3n) is 5.23. The molecule has 0 radical (unpaired) electrons. The summed E-state index contributed by atoms with van der Waals surface area (Å²) < 4.78 is 7.46. The van der Waals surface area contributed by atoms with Crippen molar-refractivity contribution in [2.75, 3.05) is 12.3 Å². The zero-order chi connectivity index (χ0) is 20.1. The Kier molecular flexibility index (Phi) is 6.49. The molecule has 1 aromatic carbocycles. The predicted molar refractivity (Wildman–Crippen MR) is 113 cm³/mol. The summed E-state index contributed by atoms with van der Waals surface area (Å²) >= 11 is 0. The van der Waals surface area contributed by atoms with Gasteiger partial charge in [-0.2, -0.15) is 0 Å². The molecule has 2 heterocycles. The maximum absolute atomic E-state index is 12.8. The fraction of sp³-hybridized carbons (Fsp3) is 0.500. The minimum Gasteiger partial charge on any atom is -0.462 e. The van der Waals surface area contributed by atoms with Crippen molar-refractivity contribution in [2.45, 2.75) is 59.4 Å². The van der Waals surface area contributed by atoms with E-state index in [2.05, 4.69) is 20.8 Å². The number of unbranched alkanes of at least 4 members (excludes halogenated alkanes) is 3. The van der Waals surface area contributed by atoms with Crippen molar-refractivity contribution in [3.63, 3.8) is 0 Å². The first-order valence-corrected chi connectivity index (χ1v) is 10.3. The van der Waals surface area contributed by atoms with E-state index < -0.39 is 5.97 Å². The number of rotatable bonds is 9. The van der Waals surface area contributed by atoms with Gasteiger partial charge in [0.15, 0.2) is 5.65 Å². The number of aromatic nitrogens is 3. The number of nitrogens with zero attached hydrogens (tertiary/aromatic N) is 3. The van der Waals surface area contributed by atoms with E-state index in [9.17, 15) is 4.79 Å². The van der Waals surface area contributed by atoms with Gasteiger partial charge in [0.05, 0.1) is 17.6 Å². The van der Waals surface area contributed by atoms with Crippen LogP contribution in [0.5, 0.6) is 0 Å². The van der Waals surface area contributed by atoms with Gasteiger partial charge in [-0.05, 0) is 24.5 Å². The third kappa shape index (κ3) is 4.11. The van der Waals surface area contributed by atoms with Gasteiger partial charge in [-0.15, -0.1) is 0 Å². The molecule has 0 unspecified atom stereocenters. The molecule has 0 saturated carbocycles. The van der Waals surface area contributed by atoms with Gasteiger partial charge >= 0.3 is 5.97 Å². The van der Waals surface area contributed by atoms with E-state index in [0.29, 0.717) is 41.6 Å². The van der Waals surface area contributed by atoms with Gasteiger partial charge in [0.2, 0.25) is 0 Å². The molecule has 0 saturated heterocycles. The minimum absolute atomic E-state index is 0.305. The van der Waals surface area contributed by atoms with Crippen LogP contribution in [0, 0.1) is 5.92 Å². The lowest BCUT2D eigenvalue weighted by atomic mass is 10.1. The number of anilines is 1. The average molecular weight is 383 g/mol. The summed E-state index contributed by atoms with van der Waals surface area (Å²) in [5.74, 6) is 0.287. The second-order valence-corrected chi connectivity index (χ2v) is 7.47. The van der Waals surface area contributed by atoms with E-state index in [1.807, 2.05) is 28.8 Å². The topological polar surface area (TPSA) is 83.0 Å². The molecule has 2 N–H and O–H groups in total. The van der Waals surface area contributed by atoms with Gasteiger partial charge in [-0.1, -0.05) is 58.6 Å². The van der Waals surface area contributed by atoms with Crippen molar-refractivity contribution in [3.8, 4) is 0 Å². The molecule has 3 aromatic rings. The second-order valence-electron chi connectivity index (χ2n) is 7.47. The van der Waals surface area contributed by atoms with Gasteiger partial charge in [0.25, 0.3) is 0 Å². The first kappa shape index (κ1) is 20.1. The SMILES string of the molecule is CCCCCCn1c(N)c(C(=O)OC[C@@H](C)CC)c2nc3ccccc3nc21. The first-order valence-electron chi connectivity index (χ1n) is 10.3. The normalized spacial score (nSPS) is 12.5. The molecule has 0 bridgehead atoms. The van der Waals surface area contributed by atoms with Crippen LogP contribution < -0.4 is 5.73 Å². The standard InChI is InChI=1S/C22H30N4O2/c1-4-6-7-10-13-26-20(23)18(22(27)28-14-15(3)5-2)19-21(26)25-17-12-9-8-11-16(17)24-19/h8-9,11-12,15H,4-7,10,13-14,23H2,1-3H3/t15-/m0/s1. The van der Waals surface area contributed by atoms with Crippen LogP contribution in [0.25, 0.3) is 22.2 Å². The number of para-hydroxylation sites is 2. The Balaban J connectivity index is 2.04. The average Bonchev–Trinajstić information content (AvgIpc) is 2.98. The fourth-order valence-corrected chi connectivity index (χ4v) is 3.25. The quantitative estimate of drug-likeness (QED) is 0.418. The number of carbonyl (C=O) groups excluding carboxylic acids is 1. The van der Waals surface area contributed by atoms with Crippen LogP contribution in [0.2, 0.25) is 0 Å². The van der Waals surface area contributed by atoms with Crippen LogP contribution in [0.1, 0.15) is 63.2 Å². The van der Waals surface area contributed by atoms with E-state index >= 15 is 0 Å². The number of esters is 1. The molecule has 28 heavy (non-hydrogen) atoms. The first-order chi connectivity index (χ1) is 13.6. The number of nitrogens with two attached hydrogens (primary N) is 1. The third-order valence-corrected chi connectivity index (χ3v) is 5.23. The molecule has 0 spiro atoms. The smallest absolute Gasteiger partial charge is 0.344 e. The zero-order valence-electron chi connectivity index (χ0n) is 17.1. The van der Waals surface area contributed by atoms with Gasteiger partial charge in [-0.3, -0.25) is 0 Å². The maximum atomic E-state index is 12.8. The van der Waals surface area contributed by atoms with Crippen LogP contribution in [0.4, 0.5) is 5.82 Å². The molecule has 0 fully saturated rings. The van der Waals surface area contributed by atoms with E-state index in [1.54, 1.807) is 0 Å². The molecule has 3 rings (SSSR count). The number of ether oxygens (including phenoxy) is 1. The lowest BCUT2D eigenvalue weighted by Crippen LogP contribution is -2.14. The van der Waals surface area contributed by atoms with Gasteiger partial charge in [-0.25, -0.2) is 14.8 Å². The van der Waals surface area contributed by atoms with Crippen molar-refractivity contribution in [3.05, 3.63) is 29.8 Å². The molecule has 0 amide bonds. The molecule has 150 valence electrons. The van der Waals surface area contributed by atoms with Gasteiger partial charge in [0, 0.05) is 6.54 Å². The second kappa shape index (κ2) is 9.04. The van der Waals surface area contributed by atoms with E-state index in [-0.39, 0.29) is 0 Å². The highest BCUT2D eigenvalue weighted by Crippen LogP contribution is 2.29. The van der Waals surface area contributed by atoms with Crippen molar-refractivity contribution in [2.24, 2.45) is 5.92 Å². The molecule has 0 aliphatic carbocycles. The lowest BCUT2D eigenvalue weighted by Gasteiger charge is -2.10. The summed E-state index contributed by atoms with van der Waals surface area (Å²) in [5.41, 5.74) is 9.48. The molecular formula is C22H30N4O2. The molecular weight excluding hydrogens is 352 g/mol. The number of nitrogen functional groups attached to an aromatic ring is 1. The molecule has 0 aliphatic heterocycles. The maximum Gasteiger partial charge on any atom is 0.344 e. The fourth-order valence-electron chi connectivity index (χ4n) is 3.25. The summed E-state index contributed by atoms with van der Waals surface area (Å²) in [6, 6.07) is 7.66. The molecule has 1 atom stereocenters. The highest BCUT2D eigenvalue weighted by molar-refractivity contribution is 6.08. The number of benzene rings is 1. The summed E-state index contributed by atoms with van der Waals surface area (Å²) in [6.07, 6.45) is 5.39. The van der Waals surface area contributed by atoms with Crippen molar-refractivity contribution < 1.29 is 9.53 Å². The summed E-state index contributed by atoms with van der Waals surface area (Å²) in [6.45, 7) is 7.41. The van der Waals surface area contributed by atoms with Gasteiger partial charge < -0.3 is 15.0 Å². The molecule has 6 nitrogen and oxygen atoms in total. The number of hydrogen-bond acceptors (Lipinski definition) is 5. The van der Waals surface area contributed by atoms with Crippen LogP contribution in [-0.4, -0.2) is 27.1 Å². The summed E-state index contributed by atoms with van der Waals surface area (Å²) in [7, 11) is 0. The van der Waals surface area contributed by atoms with E-state index in [0.717, 1.165) is 30.3 Å². The van der Waals surface area contributed by atoms with Crippen LogP contribution >= 0.6 is 0 Å². The highest BCUT2D eigenvalue weighted by atomic mass is 16.5. The van der Waals surface area contributed by atoms with Crippen molar-refractivity contribution in [1.29, 1.82) is 0 Å². The lowest BCUT2D eigenvalue weighted by molar-refractivity contribution is 0.0450. The summed E-state index contributed by atoms with van der Waals surface area (Å²) in [5, 5.41) is 0. The Bertz CT molecular complexity index is 964. The van der Waals surface area contributed by atoms with Crippen LogP contribution in [0.15, 0.2) is 24.3 Å². The van der Waals surface area contributed by atoms with E-state index in [1.165, 1.54) is 12.8 Å². The minimum atomic E-state index is -0.417. The van der Waals surface area contributed by atoms with Crippen LogP contribution in [-0.2, 0) is 11.3 Å². The molecule has 6 heteroatoms. The van der Waals surface area contributed by atoms with Crippen molar-refractivity contribution in [1.82, 2.24) is 14.5 Å². The zero-order valence-corrected chi connectivity index (χ0v) is 17.1. The predicted octanol–water partition coefficient (Wildman–Crippen LogP) is 4.95. The number of aryl methyl sites for hydroxylation is 1. The Morgan fingerprint density at radius 3 is 2.54 bits per heavy atom. The monoisotopic (exact) mass is 382 g/mol. The van der Waals surface area contributed by atoms with Gasteiger partial charge in [0.1, 0.15) is 16.9 Å². The largest absolute Gasteiger partial charge is 0.462 e. The van der Waals surface area contributed by atoms with E-state index in [4.69, 9.17) is 20.4 Å². The Morgan fingerprint density at radius 2 is 1.86 bits per heavy atom. The Morgan fingerprint density at radius 1 is 1.14 bits per heavy atom. The number of hydrogen-bond donors (Lipinski definition) is 1. The Hall–Kier alpha value is -2.63. The van der Waals surface area contributed by atoms with Crippen molar-refractivity contribution >= 4 is 34.0 Å². The molecule has 2 aromatic heterocycles. The summed E-state index contributed by atoms with van der Waals surface area (Å²) in [4.78, 5) is 22.3.